The van der Waals surface area contributed by atoms with Crippen LogP contribution >= 0.6 is 0 Å². The molecule has 0 aromatic heterocycles. The summed E-state index contributed by atoms with van der Waals surface area (Å²) in [5.41, 5.74) is 4.15. The summed E-state index contributed by atoms with van der Waals surface area (Å²) >= 11 is 0. The molecule has 2 aromatic rings. The van der Waals surface area contributed by atoms with E-state index in [1.165, 1.54) is 0 Å². The topological polar surface area (TPSA) is 114 Å². The Morgan fingerprint density at radius 3 is 2.03 bits per heavy atom. The van der Waals surface area contributed by atoms with E-state index in [0.29, 0.717) is 0 Å². The highest BCUT2D eigenvalue weighted by Crippen LogP contribution is 2.44. The van der Waals surface area contributed by atoms with Crippen molar-refractivity contribution in [3.8, 4) is 11.1 Å². The van der Waals surface area contributed by atoms with Crippen molar-refractivity contribution in [2.75, 3.05) is 26.8 Å². The Balaban J connectivity index is 1.52. The first kappa shape index (κ1) is 25.0. The fraction of sp³-hybridized carbons (Fsp3) is 0.348. The minimum Gasteiger partial charge on any atom is -0.481 e. The van der Waals surface area contributed by atoms with Gasteiger partial charge in [0.25, 0.3) is 5.91 Å². The summed E-state index contributed by atoms with van der Waals surface area (Å²) in [6.45, 7) is -1.51. The number of amides is 2. The van der Waals surface area contributed by atoms with E-state index < -0.39 is 42.7 Å². The molecule has 2 aromatic carbocycles. The molecule has 0 saturated carbocycles. The summed E-state index contributed by atoms with van der Waals surface area (Å²) < 4.78 is 48.4. The summed E-state index contributed by atoms with van der Waals surface area (Å²) in [6, 6.07) is 15.5. The van der Waals surface area contributed by atoms with Crippen molar-refractivity contribution in [3.05, 3.63) is 59.7 Å². The minimum atomic E-state index is -5.03. The number of hydrogen-bond acceptors (Lipinski definition) is 5. The maximum atomic E-state index is 12.7. The average Bonchev–Trinajstić information content (AvgIpc) is 3.11. The Kier molecular flexibility index (Phi) is 7.77. The number of carbonyl (C=O) groups is 3. The van der Waals surface area contributed by atoms with Gasteiger partial charge in [0, 0.05) is 19.6 Å². The molecule has 0 heterocycles. The Morgan fingerprint density at radius 1 is 0.971 bits per heavy atom. The summed E-state index contributed by atoms with van der Waals surface area (Å²) in [6.07, 6.45) is -7.21. The van der Waals surface area contributed by atoms with Crippen molar-refractivity contribution in [2.45, 2.75) is 18.2 Å². The number of carboxylic acids is 1. The van der Waals surface area contributed by atoms with E-state index in [1.807, 2.05) is 53.8 Å². The first-order valence-electron chi connectivity index (χ1n) is 10.3. The van der Waals surface area contributed by atoms with Crippen LogP contribution in [0.2, 0.25) is 0 Å². The van der Waals surface area contributed by atoms with Crippen LogP contribution in [-0.4, -0.2) is 62.2 Å². The van der Waals surface area contributed by atoms with Crippen LogP contribution in [0.25, 0.3) is 11.1 Å². The van der Waals surface area contributed by atoms with Crippen LogP contribution in [0.15, 0.2) is 48.5 Å². The number of fused-ring (bicyclic) bond motifs is 3. The van der Waals surface area contributed by atoms with E-state index in [0.717, 1.165) is 29.4 Å². The van der Waals surface area contributed by atoms with Gasteiger partial charge in [0.1, 0.15) is 6.61 Å². The largest absolute Gasteiger partial charge is 0.481 e. The maximum Gasteiger partial charge on any atom is 0.407 e. The zero-order valence-corrected chi connectivity index (χ0v) is 18.1. The molecule has 0 aliphatic heterocycles. The summed E-state index contributed by atoms with van der Waals surface area (Å²) in [5.74, 6) is -6.05. The third-order valence-corrected chi connectivity index (χ3v) is 5.53. The zero-order valence-electron chi connectivity index (χ0n) is 18.1. The molecule has 0 saturated heterocycles. The molecule has 182 valence electrons. The lowest BCUT2D eigenvalue weighted by atomic mass is 9.98. The second kappa shape index (κ2) is 10.6. The third-order valence-electron chi connectivity index (χ3n) is 5.53. The van der Waals surface area contributed by atoms with Crippen molar-refractivity contribution in [3.63, 3.8) is 0 Å². The summed E-state index contributed by atoms with van der Waals surface area (Å²) in [4.78, 5) is 35.1. The number of aliphatic carboxylic acids is 1. The Morgan fingerprint density at radius 2 is 1.53 bits per heavy atom. The molecule has 1 aliphatic carbocycles. The molecule has 3 rings (SSSR count). The number of ether oxygens (including phenoxy) is 2. The van der Waals surface area contributed by atoms with Crippen molar-refractivity contribution in [1.29, 1.82) is 0 Å². The monoisotopic (exact) mass is 480 g/mol. The van der Waals surface area contributed by atoms with Gasteiger partial charge in [0.2, 0.25) is 0 Å². The third kappa shape index (κ3) is 5.66. The van der Waals surface area contributed by atoms with Crippen LogP contribution in [0.3, 0.4) is 0 Å². The van der Waals surface area contributed by atoms with E-state index >= 15 is 0 Å². The van der Waals surface area contributed by atoms with Gasteiger partial charge in [-0.1, -0.05) is 48.5 Å². The molecule has 34 heavy (non-hydrogen) atoms. The van der Waals surface area contributed by atoms with Crippen molar-refractivity contribution in [2.24, 2.45) is 5.92 Å². The quantitative estimate of drug-likeness (QED) is 0.509. The van der Waals surface area contributed by atoms with Crippen LogP contribution in [0.1, 0.15) is 17.0 Å². The number of halogens is 3. The molecule has 1 aliphatic rings. The Bertz CT molecular complexity index is 1010. The predicted molar refractivity (Wildman–Crippen MR) is 114 cm³/mol. The van der Waals surface area contributed by atoms with Gasteiger partial charge < -0.3 is 25.2 Å². The molecule has 8 nitrogen and oxygen atoms in total. The first-order valence-corrected chi connectivity index (χ1v) is 10.3. The van der Waals surface area contributed by atoms with Crippen LogP contribution in [0.4, 0.5) is 18.0 Å². The van der Waals surface area contributed by atoms with E-state index in [9.17, 15) is 27.6 Å². The number of carbonyl (C=O) groups excluding carboxylic acids is 2. The zero-order chi connectivity index (χ0) is 24.9. The molecular formula is C23H23F3N2O6. The minimum absolute atomic E-state index is 0.0373. The number of rotatable bonds is 9. The highest BCUT2D eigenvalue weighted by Gasteiger charge is 2.45. The predicted octanol–water partition coefficient (Wildman–Crippen LogP) is 2.92. The molecule has 0 fully saturated rings. The van der Waals surface area contributed by atoms with Crippen LogP contribution in [0, 0.1) is 5.92 Å². The first-order chi connectivity index (χ1) is 16.1. The van der Waals surface area contributed by atoms with E-state index in [-0.39, 0.29) is 19.1 Å². The summed E-state index contributed by atoms with van der Waals surface area (Å²) in [5, 5.41) is 12.9. The molecule has 0 spiro atoms. The van der Waals surface area contributed by atoms with E-state index in [4.69, 9.17) is 14.6 Å². The van der Waals surface area contributed by atoms with Crippen molar-refractivity contribution in [1.82, 2.24) is 10.6 Å². The number of alkyl carbamates (subject to hydrolysis) is 1. The molecule has 2 atom stereocenters. The van der Waals surface area contributed by atoms with Gasteiger partial charge in [-0.15, -0.1) is 0 Å². The number of methoxy groups -OCH3 is 1. The Labute approximate surface area is 193 Å². The molecule has 0 radical (unpaired) electrons. The molecular weight excluding hydrogens is 457 g/mol. The summed E-state index contributed by atoms with van der Waals surface area (Å²) in [7, 11) is 1.13. The second-order valence-corrected chi connectivity index (χ2v) is 7.61. The van der Waals surface area contributed by atoms with E-state index in [2.05, 4.69) is 5.32 Å². The van der Waals surface area contributed by atoms with Crippen LogP contribution < -0.4 is 10.6 Å². The van der Waals surface area contributed by atoms with Gasteiger partial charge in [-0.25, -0.2) is 4.79 Å². The number of hydrogen-bond donors (Lipinski definition) is 3. The van der Waals surface area contributed by atoms with Gasteiger partial charge in [-0.05, 0) is 22.3 Å². The SMILES string of the molecule is COC(CNC(=O)OCC1c2ccccc2-c2ccccc21)C(=O)NCC(C(=O)O)C(F)(F)F. The lowest BCUT2D eigenvalue weighted by Crippen LogP contribution is -2.48. The number of benzene rings is 2. The van der Waals surface area contributed by atoms with Crippen molar-refractivity contribution >= 4 is 18.0 Å². The molecule has 2 unspecified atom stereocenters. The number of carboxylic acid groups (broad SMARTS) is 1. The van der Waals surface area contributed by atoms with Crippen LogP contribution in [0.5, 0.6) is 0 Å². The Hall–Kier alpha value is -3.60. The van der Waals surface area contributed by atoms with Gasteiger partial charge in [0.05, 0.1) is 6.54 Å². The van der Waals surface area contributed by atoms with Gasteiger partial charge >= 0.3 is 18.2 Å². The van der Waals surface area contributed by atoms with Crippen LogP contribution in [-0.2, 0) is 19.1 Å². The smallest absolute Gasteiger partial charge is 0.407 e. The number of nitrogens with one attached hydrogen (secondary N) is 2. The highest BCUT2D eigenvalue weighted by molar-refractivity contribution is 5.83. The molecule has 0 bridgehead atoms. The fourth-order valence-electron chi connectivity index (χ4n) is 3.77. The van der Waals surface area contributed by atoms with Gasteiger partial charge in [0.15, 0.2) is 12.0 Å². The van der Waals surface area contributed by atoms with E-state index in [1.54, 1.807) is 0 Å². The standard InChI is InChI=1S/C23H23F3N2O6/c1-33-19(20(29)27-10-18(21(30)31)23(24,25)26)11-28-22(32)34-12-17-15-8-4-2-6-13(15)14-7-3-5-9-16(14)17/h2-9,17-19H,10-12H2,1H3,(H,27,29)(H,28,32)(H,30,31). The lowest BCUT2D eigenvalue weighted by molar-refractivity contribution is -0.192. The second-order valence-electron chi connectivity index (χ2n) is 7.61. The normalized spacial score (nSPS) is 14.5. The maximum absolute atomic E-state index is 12.7. The van der Waals surface area contributed by atoms with Gasteiger partial charge in [-0.2, -0.15) is 13.2 Å². The van der Waals surface area contributed by atoms with Gasteiger partial charge in [-0.3, -0.25) is 9.59 Å². The average molecular weight is 480 g/mol. The molecule has 11 heteroatoms. The lowest BCUT2D eigenvalue weighted by Gasteiger charge is -2.20. The molecule has 3 N–H and O–H groups in total. The molecule has 2 amide bonds. The van der Waals surface area contributed by atoms with Crippen molar-refractivity contribution < 1.29 is 42.1 Å². The highest BCUT2D eigenvalue weighted by atomic mass is 19.4. The fourth-order valence-corrected chi connectivity index (χ4v) is 3.77. The number of alkyl halides is 3.